The highest BCUT2D eigenvalue weighted by Gasteiger charge is 2.44. The molecule has 2 bridgehead atoms. The van der Waals surface area contributed by atoms with Gasteiger partial charge >= 0.3 is 0 Å². The van der Waals surface area contributed by atoms with Gasteiger partial charge in [-0.15, -0.1) is 0 Å². The monoisotopic (exact) mass is 238 g/mol. The minimum absolute atomic E-state index is 0.372. The van der Waals surface area contributed by atoms with Crippen molar-refractivity contribution < 1.29 is 4.79 Å². The first-order chi connectivity index (χ1) is 7.97. The molecule has 0 N–H and O–H groups in total. The summed E-state index contributed by atoms with van der Waals surface area (Å²) in [5.74, 6) is 1.58. The first-order valence-corrected chi connectivity index (χ1v) is 7.01. The number of piperazine rings is 1. The lowest BCUT2D eigenvalue weighted by atomic mass is 10.1. The molecule has 0 aromatic carbocycles. The van der Waals surface area contributed by atoms with E-state index in [9.17, 15) is 4.79 Å². The minimum atomic E-state index is 0.372. The van der Waals surface area contributed by atoms with Gasteiger partial charge in [0.1, 0.15) is 0 Å². The predicted octanol–water partition coefficient (Wildman–Crippen LogP) is 1.97. The Kier molecular flexibility index (Phi) is 3.76. The van der Waals surface area contributed by atoms with E-state index in [1.807, 2.05) is 0 Å². The second kappa shape index (κ2) is 4.97. The van der Waals surface area contributed by atoms with Crippen molar-refractivity contribution in [1.29, 1.82) is 0 Å². The summed E-state index contributed by atoms with van der Waals surface area (Å²) in [5, 5.41) is 0. The Labute approximate surface area is 105 Å². The van der Waals surface area contributed by atoms with Crippen molar-refractivity contribution in [3.05, 3.63) is 0 Å². The van der Waals surface area contributed by atoms with Crippen LogP contribution in [0.4, 0.5) is 0 Å². The Morgan fingerprint density at radius 3 is 2.29 bits per heavy atom. The summed E-state index contributed by atoms with van der Waals surface area (Å²) < 4.78 is 0. The molecule has 2 fully saturated rings. The molecule has 2 saturated heterocycles. The van der Waals surface area contributed by atoms with Crippen molar-refractivity contribution in [2.24, 2.45) is 11.8 Å². The molecule has 3 heteroatoms. The highest BCUT2D eigenvalue weighted by atomic mass is 16.2. The van der Waals surface area contributed by atoms with Crippen LogP contribution in [0.2, 0.25) is 0 Å². The molecule has 0 aliphatic carbocycles. The van der Waals surface area contributed by atoms with Crippen molar-refractivity contribution in [2.45, 2.75) is 52.6 Å². The lowest BCUT2D eigenvalue weighted by molar-refractivity contribution is -0.134. The molecule has 2 rings (SSSR count). The maximum absolute atomic E-state index is 12.1. The van der Waals surface area contributed by atoms with Gasteiger partial charge in [-0.2, -0.15) is 0 Å². The third-order valence-corrected chi connectivity index (χ3v) is 3.86. The van der Waals surface area contributed by atoms with E-state index < -0.39 is 0 Å². The molecule has 0 spiro atoms. The first kappa shape index (κ1) is 12.9. The largest absolute Gasteiger partial charge is 0.337 e. The zero-order valence-electron chi connectivity index (χ0n) is 11.6. The molecule has 3 nitrogen and oxygen atoms in total. The predicted molar refractivity (Wildman–Crippen MR) is 69.8 cm³/mol. The topological polar surface area (TPSA) is 23.6 Å². The second-order valence-corrected chi connectivity index (χ2v) is 6.54. The van der Waals surface area contributed by atoms with Gasteiger partial charge in [-0.3, -0.25) is 9.69 Å². The summed E-state index contributed by atoms with van der Waals surface area (Å²) in [7, 11) is 0. The van der Waals surface area contributed by atoms with E-state index in [1.54, 1.807) is 0 Å². The van der Waals surface area contributed by atoms with Crippen LogP contribution in [0.3, 0.4) is 0 Å². The number of hydrogen-bond acceptors (Lipinski definition) is 2. The summed E-state index contributed by atoms with van der Waals surface area (Å²) >= 11 is 0. The second-order valence-electron chi connectivity index (χ2n) is 6.54. The number of fused-ring (bicyclic) bond motifs is 2. The number of carbonyl (C=O) groups is 1. The Hall–Kier alpha value is -0.570. The number of hydrogen-bond donors (Lipinski definition) is 0. The molecule has 2 aliphatic heterocycles. The van der Waals surface area contributed by atoms with Crippen LogP contribution < -0.4 is 0 Å². The Balaban J connectivity index is 1.87. The van der Waals surface area contributed by atoms with Gasteiger partial charge in [0, 0.05) is 38.1 Å². The molecule has 1 amide bonds. The van der Waals surface area contributed by atoms with Crippen molar-refractivity contribution in [2.75, 3.05) is 19.6 Å². The Bertz CT molecular complexity index is 288. The molecule has 2 unspecified atom stereocenters. The van der Waals surface area contributed by atoms with Crippen LogP contribution in [0.15, 0.2) is 0 Å². The third-order valence-electron chi connectivity index (χ3n) is 3.86. The van der Waals surface area contributed by atoms with Crippen molar-refractivity contribution >= 4 is 5.91 Å². The van der Waals surface area contributed by atoms with Crippen molar-refractivity contribution in [3.63, 3.8) is 0 Å². The van der Waals surface area contributed by atoms with E-state index in [0.717, 1.165) is 19.0 Å². The van der Waals surface area contributed by atoms with Crippen LogP contribution in [-0.2, 0) is 4.79 Å². The molecule has 0 aromatic heterocycles. The summed E-state index contributed by atoms with van der Waals surface area (Å²) in [6.45, 7) is 12.1. The number of likely N-dealkylation sites (tertiary alicyclic amines) is 2. The van der Waals surface area contributed by atoms with Gasteiger partial charge in [0.05, 0.1) is 0 Å². The molecule has 2 heterocycles. The lowest BCUT2D eigenvalue weighted by Crippen LogP contribution is -2.49. The van der Waals surface area contributed by atoms with Crippen molar-refractivity contribution in [3.8, 4) is 0 Å². The summed E-state index contributed by atoms with van der Waals surface area (Å²) in [6, 6.07) is 1.14. The van der Waals surface area contributed by atoms with Crippen LogP contribution in [0.1, 0.15) is 40.5 Å². The van der Waals surface area contributed by atoms with Gasteiger partial charge in [-0.05, 0) is 18.3 Å². The van der Waals surface area contributed by atoms with Crippen LogP contribution in [-0.4, -0.2) is 47.4 Å². The smallest absolute Gasteiger partial charge is 0.223 e. The molecule has 2 atom stereocenters. The summed E-state index contributed by atoms with van der Waals surface area (Å²) in [4.78, 5) is 16.8. The molecule has 0 aromatic rings. The van der Waals surface area contributed by atoms with Crippen LogP contribution in [0.25, 0.3) is 0 Å². The maximum Gasteiger partial charge on any atom is 0.223 e. The van der Waals surface area contributed by atoms with E-state index in [0.29, 0.717) is 30.3 Å². The van der Waals surface area contributed by atoms with E-state index in [1.165, 1.54) is 13.0 Å². The average molecular weight is 238 g/mol. The van der Waals surface area contributed by atoms with Gasteiger partial charge in [0.2, 0.25) is 5.91 Å². The van der Waals surface area contributed by atoms with Crippen LogP contribution in [0, 0.1) is 11.8 Å². The molecular weight excluding hydrogens is 212 g/mol. The molecule has 0 radical (unpaired) electrons. The summed E-state index contributed by atoms with van der Waals surface area (Å²) in [5.41, 5.74) is 0. The van der Waals surface area contributed by atoms with E-state index in [-0.39, 0.29) is 0 Å². The lowest BCUT2D eigenvalue weighted by Gasteiger charge is -2.35. The number of nitrogens with zero attached hydrogens (tertiary/aromatic N) is 2. The number of carbonyl (C=O) groups excluding carboxylic acids is 1. The SMILES string of the molecule is CC(C)CC(=O)N1CC2CC1CN2CC(C)C. The van der Waals surface area contributed by atoms with Gasteiger partial charge in [-0.25, -0.2) is 0 Å². The van der Waals surface area contributed by atoms with Gasteiger partial charge in [0.25, 0.3) is 0 Å². The zero-order chi connectivity index (χ0) is 12.6. The zero-order valence-corrected chi connectivity index (χ0v) is 11.6. The standard InChI is InChI=1S/C14H26N2O/c1-10(2)5-14(17)16-9-12-6-13(16)8-15(12)7-11(3)4/h10-13H,5-9H2,1-4H3. The van der Waals surface area contributed by atoms with Gasteiger partial charge in [-0.1, -0.05) is 27.7 Å². The number of amides is 1. The van der Waals surface area contributed by atoms with Crippen LogP contribution >= 0.6 is 0 Å². The number of rotatable bonds is 4. The van der Waals surface area contributed by atoms with E-state index >= 15 is 0 Å². The van der Waals surface area contributed by atoms with Gasteiger partial charge in [0.15, 0.2) is 0 Å². The molecular formula is C14H26N2O. The quantitative estimate of drug-likeness (QED) is 0.747. The fourth-order valence-electron chi connectivity index (χ4n) is 3.21. The minimum Gasteiger partial charge on any atom is -0.337 e. The Morgan fingerprint density at radius 1 is 1.12 bits per heavy atom. The van der Waals surface area contributed by atoms with E-state index in [4.69, 9.17) is 0 Å². The van der Waals surface area contributed by atoms with Crippen molar-refractivity contribution in [1.82, 2.24) is 9.80 Å². The highest BCUT2D eigenvalue weighted by molar-refractivity contribution is 5.77. The third kappa shape index (κ3) is 2.82. The molecule has 98 valence electrons. The fourth-order valence-corrected chi connectivity index (χ4v) is 3.21. The average Bonchev–Trinajstić information content (AvgIpc) is 2.73. The summed E-state index contributed by atoms with van der Waals surface area (Å²) in [6.07, 6.45) is 1.92. The first-order valence-electron chi connectivity index (χ1n) is 7.01. The van der Waals surface area contributed by atoms with E-state index in [2.05, 4.69) is 37.5 Å². The van der Waals surface area contributed by atoms with Gasteiger partial charge < -0.3 is 4.90 Å². The highest BCUT2D eigenvalue weighted by Crippen LogP contribution is 2.31. The van der Waals surface area contributed by atoms with Crippen LogP contribution in [0.5, 0.6) is 0 Å². The normalized spacial score (nSPS) is 28.7. The molecule has 2 aliphatic rings. The maximum atomic E-state index is 12.1. The fraction of sp³-hybridized carbons (Fsp3) is 0.929. The molecule has 17 heavy (non-hydrogen) atoms. The Morgan fingerprint density at radius 2 is 1.82 bits per heavy atom. The molecule has 0 saturated carbocycles.